The van der Waals surface area contributed by atoms with E-state index in [9.17, 15) is 0 Å². The van der Waals surface area contributed by atoms with Crippen molar-refractivity contribution < 1.29 is 9.47 Å². The number of methoxy groups -OCH3 is 1. The standard InChI is InChI=1S/C15H30O2/c1-15(17-14-16-2)12-10-8-6-4-3-5-7-9-11-13-15/h3-14H2,1-2H3. The summed E-state index contributed by atoms with van der Waals surface area (Å²) in [5, 5.41) is 0. The minimum Gasteiger partial charge on any atom is -0.359 e. The maximum atomic E-state index is 5.90. The largest absolute Gasteiger partial charge is 0.359 e. The quantitative estimate of drug-likeness (QED) is 0.669. The summed E-state index contributed by atoms with van der Waals surface area (Å²) in [7, 11) is 1.71. The van der Waals surface area contributed by atoms with Crippen LogP contribution >= 0.6 is 0 Å². The lowest BCUT2D eigenvalue weighted by Crippen LogP contribution is -2.29. The maximum absolute atomic E-state index is 5.90. The van der Waals surface area contributed by atoms with Gasteiger partial charge in [0.25, 0.3) is 0 Å². The Bertz CT molecular complexity index is 168. The Labute approximate surface area is 107 Å². The Morgan fingerprint density at radius 1 is 0.765 bits per heavy atom. The van der Waals surface area contributed by atoms with E-state index in [1.54, 1.807) is 7.11 Å². The molecule has 0 aromatic rings. The Hall–Kier alpha value is -0.0800. The normalized spacial score (nSPS) is 23.6. The van der Waals surface area contributed by atoms with Crippen molar-refractivity contribution in [2.75, 3.05) is 13.9 Å². The van der Waals surface area contributed by atoms with Crippen LogP contribution in [0.5, 0.6) is 0 Å². The van der Waals surface area contributed by atoms with E-state index >= 15 is 0 Å². The molecule has 102 valence electrons. The maximum Gasteiger partial charge on any atom is 0.147 e. The Morgan fingerprint density at radius 3 is 1.59 bits per heavy atom. The summed E-state index contributed by atoms with van der Waals surface area (Å²) >= 11 is 0. The molecule has 1 rings (SSSR count). The highest BCUT2D eigenvalue weighted by molar-refractivity contribution is 4.75. The van der Waals surface area contributed by atoms with Gasteiger partial charge in [-0.05, 0) is 19.8 Å². The molecule has 0 amide bonds. The monoisotopic (exact) mass is 242 g/mol. The molecule has 0 aromatic carbocycles. The van der Waals surface area contributed by atoms with Crippen molar-refractivity contribution in [1.82, 2.24) is 0 Å². The Balaban J connectivity index is 2.35. The third kappa shape index (κ3) is 7.05. The van der Waals surface area contributed by atoms with Gasteiger partial charge in [-0.15, -0.1) is 0 Å². The van der Waals surface area contributed by atoms with Crippen LogP contribution in [-0.2, 0) is 9.47 Å². The molecule has 0 bridgehead atoms. The number of hydrogen-bond donors (Lipinski definition) is 0. The van der Waals surface area contributed by atoms with Crippen molar-refractivity contribution in [2.45, 2.75) is 83.2 Å². The molecule has 1 aliphatic carbocycles. The van der Waals surface area contributed by atoms with Gasteiger partial charge < -0.3 is 9.47 Å². The van der Waals surface area contributed by atoms with E-state index < -0.39 is 0 Å². The minimum absolute atomic E-state index is 0.0508. The molecule has 2 heteroatoms. The second-order valence-electron chi connectivity index (χ2n) is 5.68. The summed E-state index contributed by atoms with van der Waals surface area (Å²) in [6, 6.07) is 0. The van der Waals surface area contributed by atoms with E-state index in [1.807, 2.05) is 0 Å². The molecule has 0 N–H and O–H groups in total. The second kappa shape index (κ2) is 8.93. The van der Waals surface area contributed by atoms with Crippen LogP contribution in [0.4, 0.5) is 0 Å². The lowest BCUT2D eigenvalue weighted by molar-refractivity contribution is -0.130. The zero-order valence-corrected chi connectivity index (χ0v) is 11.8. The molecule has 0 heterocycles. The van der Waals surface area contributed by atoms with E-state index in [2.05, 4.69) is 6.92 Å². The number of hydrogen-bond acceptors (Lipinski definition) is 2. The van der Waals surface area contributed by atoms with Gasteiger partial charge in [0.1, 0.15) is 6.79 Å². The summed E-state index contributed by atoms with van der Waals surface area (Å²) < 4.78 is 11.0. The van der Waals surface area contributed by atoms with Gasteiger partial charge in [-0.3, -0.25) is 0 Å². The van der Waals surface area contributed by atoms with Crippen molar-refractivity contribution in [2.24, 2.45) is 0 Å². The van der Waals surface area contributed by atoms with E-state index in [1.165, 1.54) is 70.6 Å². The van der Waals surface area contributed by atoms with Crippen molar-refractivity contribution in [3.05, 3.63) is 0 Å². The molecule has 1 aliphatic rings. The number of ether oxygens (including phenoxy) is 2. The molecule has 0 aliphatic heterocycles. The molecule has 0 atom stereocenters. The lowest BCUT2D eigenvalue weighted by Gasteiger charge is -2.30. The summed E-state index contributed by atoms with van der Waals surface area (Å²) in [6.45, 7) is 2.70. The Kier molecular flexibility index (Phi) is 7.87. The van der Waals surface area contributed by atoms with Crippen LogP contribution in [0.1, 0.15) is 77.6 Å². The van der Waals surface area contributed by atoms with Crippen LogP contribution in [-0.4, -0.2) is 19.5 Å². The van der Waals surface area contributed by atoms with Crippen LogP contribution in [0.2, 0.25) is 0 Å². The van der Waals surface area contributed by atoms with Gasteiger partial charge in [0, 0.05) is 7.11 Å². The highest BCUT2D eigenvalue weighted by Crippen LogP contribution is 2.27. The minimum atomic E-state index is 0.0508. The average Bonchev–Trinajstić information content (AvgIpc) is 2.32. The first-order valence-electron chi connectivity index (χ1n) is 7.40. The van der Waals surface area contributed by atoms with Gasteiger partial charge in [-0.2, -0.15) is 0 Å². The van der Waals surface area contributed by atoms with Crippen molar-refractivity contribution in [3.63, 3.8) is 0 Å². The first-order chi connectivity index (χ1) is 8.27. The predicted molar refractivity (Wildman–Crippen MR) is 72.2 cm³/mol. The first kappa shape index (κ1) is 15.0. The summed E-state index contributed by atoms with van der Waals surface area (Å²) in [6.07, 6.45) is 14.8. The van der Waals surface area contributed by atoms with Gasteiger partial charge in [0.15, 0.2) is 0 Å². The van der Waals surface area contributed by atoms with Gasteiger partial charge in [-0.25, -0.2) is 0 Å². The average molecular weight is 242 g/mol. The van der Waals surface area contributed by atoms with E-state index in [4.69, 9.17) is 9.47 Å². The second-order valence-corrected chi connectivity index (χ2v) is 5.68. The number of rotatable bonds is 3. The van der Waals surface area contributed by atoms with Gasteiger partial charge >= 0.3 is 0 Å². The van der Waals surface area contributed by atoms with E-state index in [0.717, 1.165) is 0 Å². The fourth-order valence-corrected chi connectivity index (χ4v) is 2.71. The lowest BCUT2D eigenvalue weighted by atomic mass is 9.90. The molecule has 0 radical (unpaired) electrons. The highest BCUT2D eigenvalue weighted by Gasteiger charge is 2.24. The summed E-state index contributed by atoms with van der Waals surface area (Å²) in [4.78, 5) is 0. The smallest absolute Gasteiger partial charge is 0.147 e. The van der Waals surface area contributed by atoms with Crippen molar-refractivity contribution in [1.29, 1.82) is 0 Å². The van der Waals surface area contributed by atoms with Crippen LogP contribution in [0, 0.1) is 0 Å². The van der Waals surface area contributed by atoms with Gasteiger partial charge in [0.05, 0.1) is 5.60 Å². The van der Waals surface area contributed by atoms with Crippen LogP contribution < -0.4 is 0 Å². The highest BCUT2D eigenvalue weighted by atomic mass is 16.7. The third-order valence-corrected chi connectivity index (χ3v) is 3.94. The molecule has 17 heavy (non-hydrogen) atoms. The summed E-state index contributed by atoms with van der Waals surface area (Å²) in [5.74, 6) is 0. The zero-order valence-electron chi connectivity index (χ0n) is 11.8. The van der Waals surface area contributed by atoms with Crippen LogP contribution in [0.25, 0.3) is 0 Å². The predicted octanol–water partition coefficient (Wildman–Crippen LogP) is 4.67. The molecule has 0 aromatic heterocycles. The van der Waals surface area contributed by atoms with Crippen LogP contribution in [0.15, 0.2) is 0 Å². The fourth-order valence-electron chi connectivity index (χ4n) is 2.71. The summed E-state index contributed by atoms with van der Waals surface area (Å²) in [5.41, 5.74) is 0.0508. The fraction of sp³-hybridized carbons (Fsp3) is 1.00. The Morgan fingerprint density at radius 2 is 1.18 bits per heavy atom. The molecule has 0 unspecified atom stereocenters. The van der Waals surface area contributed by atoms with E-state index in [-0.39, 0.29) is 5.60 Å². The molecule has 0 spiro atoms. The third-order valence-electron chi connectivity index (χ3n) is 3.94. The van der Waals surface area contributed by atoms with Gasteiger partial charge in [-0.1, -0.05) is 57.8 Å². The molecular formula is C15H30O2. The van der Waals surface area contributed by atoms with Crippen molar-refractivity contribution >= 4 is 0 Å². The topological polar surface area (TPSA) is 18.5 Å². The molecule has 0 saturated heterocycles. The van der Waals surface area contributed by atoms with E-state index in [0.29, 0.717) is 6.79 Å². The molecule has 1 saturated carbocycles. The van der Waals surface area contributed by atoms with Gasteiger partial charge in [0.2, 0.25) is 0 Å². The first-order valence-corrected chi connectivity index (χ1v) is 7.40. The molecule has 2 nitrogen and oxygen atoms in total. The zero-order chi connectivity index (χ0) is 12.4. The molecular weight excluding hydrogens is 212 g/mol. The molecule has 1 fully saturated rings. The van der Waals surface area contributed by atoms with Crippen molar-refractivity contribution in [3.8, 4) is 0 Å². The SMILES string of the molecule is COCOC1(C)CCCCCCCCCCC1. The van der Waals surface area contributed by atoms with Crippen LogP contribution in [0.3, 0.4) is 0 Å².